The fraction of sp³-hybridized carbons (Fsp3) is 0.381. The van der Waals surface area contributed by atoms with Gasteiger partial charge in [0.2, 0.25) is 0 Å². The number of amides is 2. The quantitative estimate of drug-likeness (QED) is 0.906. The molecule has 26 heavy (non-hydrogen) atoms. The highest BCUT2D eigenvalue weighted by Gasteiger charge is 2.27. The van der Waals surface area contributed by atoms with Crippen LogP contribution in [0.3, 0.4) is 0 Å². The van der Waals surface area contributed by atoms with Crippen LogP contribution in [0.15, 0.2) is 30.3 Å². The Balaban J connectivity index is 1.32. The molecule has 5 heteroatoms. The second kappa shape index (κ2) is 6.24. The van der Waals surface area contributed by atoms with E-state index in [1.807, 2.05) is 11.0 Å². The molecule has 134 valence electrons. The maximum atomic E-state index is 12.7. The van der Waals surface area contributed by atoms with Crippen LogP contribution in [0, 0.1) is 0 Å². The van der Waals surface area contributed by atoms with E-state index < -0.39 is 0 Å². The summed E-state index contributed by atoms with van der Waals surface area (Å²) in [4.78, 5) is 14.6. The summed E-state index contributed by atoms with van der Waals surface area (Å²) in [5.41, 5.74) is 6.07. The Morgan fingerprint density at radius 1 is 1.04 bits per heavy atom. The molecule has 2 amide bonds. The second-order valence-electron chi connectivity index (χ2n) is 7.12. The van der Waals surface area contributed by atoms with Crippen molar-refractivity contribution in [2.24, 2.45) is 0 Å². The third-order valence-electron chi connectivity index (χ3n) is 5.59. The minimum Gasteiger partial charge on any atom is -0.493 e. The molecule has 3 aliphatic rings. The standard InChI is InChI=1S/C21H22N2O3/c24-21(23-8-5-14-3-1-2-4-16(14)13-23)22-12-18-17-7-10-25-19(17)11-15-6-9-26-20(15)18/h1-4,11H,5-10,12-13H2,(H,22,24). The highest BCUT2D eigenvalue weighted by molar-refractivity contribution is 5.75. The minimum absolute atomic E-state index is 0.0113. The smallest absolute Gasteiger partial charge is 0.317 e. The SMILES string of the molecule is O=C(NCc1c2c(cc3c1OCC3)OCC2)N1CCc2ccccc2C1. The van der Waals surface area contributed by atoms with Crippen molar-refractivity contribution < 1.29 is 14.3 Å². The molecule has 0 bridgehead atoms. The van der Waals surface area contributed by atoms with Gasteiger partial charge in [-0.25, -0.2) is 4.79 Å². The zero-order valence-corrected chi connectivity index (χ0v) is 14.7. The molecule has 0 unspecified atom stereocenters. The second-order valence-corrected chi connectivity index (χ2v) is 7.12. The summed E-state index contributed by atoms with van der Waals surface area (Å²) in [6.45, 7) is 3.34. The molecule has 1 N–H and O–H groups in total. The molecule has 0 saturated heterocycles. The maximum Gasteiger partial charge on any atom is 0.317 e. The third-order valence-corrected chi connectivity index (χ3v) is 5.59. The minimum atomic E-state index is -0.0113. The van der Waals surface area contributed by atoms with Crippen LogP contribution in [0.1, 0.15) is 27.8 Å². The van der Waals surface area contributed by atoms with Gasteiger partial charge in [-0.2, -0.15) is 0 Å². The molecule has 0 aromatic heterocycles. The van der Waals surface area contributed by atoms with Gasteiger partial charge in [0, 0.05) is 49.2 Å². The molecule has 0 fully saturated rings. The predicted octanol–water partition coefficient (Wildman–Crippen LogP) is 2.82. The Kier molecular flexibility index (Phi) is 3.73. The molecule has 5 rings (SSSR count). The van der Waals surface area contributed by atoms with Gasteiger partial charge >= 0.3 is 6.03 Å². The van der Waals surface area contributed by atoms with E-state index in [-0.39, 0.29) is 6.03 Å². The van der Waals surface area contributed by atoms with Crippen LogP contribution >= 0.6 is 0 Å². The lowest BCUT2D eigenvalue weighted by Gasteiger charge is -2.29. The molecule has 0 radical (unpaired) electrons. The fourth-order valence-corrected chi connectivity index (χ4v) is 4.22. The van der Waals surface area contributed by atoms with Gasteiger partial charge in [0.15, 0.2) is 0 Å². The molecular weight excluding hydrogens is 328 g/mol. The van der Waals surface area contributed by atoms with Crippen LogP contribution in [-0.4, -0.2) is 30.7 Å². The number of carbonyl (C=O) groups is 1. The fourth-order valence-electron chi connectivity index (χ4n) is 4.22. The number of hydrogen-bond donors (Lipinski definition) is 1. The first kappa shape index (κ1) is 15.6. The monoisotopic (exact) mass is 350 g/mol. The summed E-state index contributed by atoms with van der Waals surface area (Å²) in [5, 5.41) is 3.11. The summed E-state index contributed by atoms with van der Waals surface area (Å²) in [6.07, 6.45) is 2.71. The van der Waals surface area contributed by atoms with Gasteiger partial charge in [-0.3, -0.25) is 0 Å². The number of fused-ring (bicyclic) bond motifs is 3. The molecule has 0 saturated carbocycles. The predicted molar refractivity (Wildman–Crippen MR) is 97.6 cm³/mol. The van der Waals surface area contributed by atoms with Crippen LogP contribution in [0.4, 0.5) is 4.79 Å². The Morgan fingerprint density at radius 3 is 2.81 bits per heavy atom. The Morgan fingerprint density at radius 2 is 1.88 bits per heavy atom. The van der Waals surface area contributed by atoms with Gasteiger partial charge in [0.1, 0.15) is 11.5 Å². The number of carbonyl (C=O) groups excluding carboxylic acids is 1. The van der Waals surface area contributed by atoms with Crippen LogP contribution in [-0.2, 0) is 32.4 Å². The van der Waals surface area contributed by atoms with Crippen molar-refractivity contribution in [1.82, 2.24) is 10.2 Å². The average molecular weight is 350 g/mol. The molecule has 2 aromatic carbocycles. The largest absolute Gasteiger partial charge is 0.493 e. The molecular formula is C21H22N2O3. The number of nitrogens with zero attached hydrogens (tertiary/aromatic N) is 1. The maximum absolute atomic E-state index is 12.7. The Hall–Kier alpha value is -2.69. The lowest BCUT2D eigenvalue weighted by Crippen LogP contribution is -2.42. The van der Waals surface area contributed by atoms with Crippen molar-refractivity contribution >= 4 is 6.03 Å². The topological polar surface area (TPSA) is 50.8 Å². The molecule has 0 spiro atoms. The first-order chi connectivity index (χ1) is 12.8. The molecule has 3 heterocycles. The van der Waals surface area contributed by atoms with Gasteiger partial charge in [-0.15, -0.1) is 0 Å². The molecule has 0 atom stereocenters. The van der Waals surface area contributed by atoms with Crippen molar-refractivity contribution in [2.45, 2.75) is 32.4 Å². The van der Waals surface area contributed by atoms with E-state index >= 15 is 0 Å². The van der Waals surface area contributed by atoms with Crippen LogP contribution in [0.5, 0.6) is 11.5 Å². The van der Waals surface area contributed by atoms with E-state index in [0.717, 1.165) is 42.9 Å². The average Bonchev–Trinajstić information content (AvgIpc) is 3.33. The van der Waals surface area contributed by atoms with Crippen LogP contribution in [0.25, 0.3) is 0 Å². The normalized spacial score (nSPS) is 17.0. The van der Waals surface area contributed by atoms with E-state index in [4.69, 9.17) is 9.47 Å². The van der Waals surface area contributed by atoms with E-state index in [1.54, 1.807) is 0 Å². The summed E-state index contributed by atoms with van der Waals surface area (Å²) in [5.74, 6) is 1.92. The Bertz CT molecular complexity index is 846. The first-order valence-electron chi connectivity index (χ1n) is 9.32. The molecule has 0 aliphatic carbocycles. The first-order valence-corrected chi connectivity index (χ1v) is 9.32. The molecule has 5 nitrogen and oxygen atoms in total. The van der Waals surface area contributed by atoms with Crippen LogP contribution < -0.4 is 14.8 Å². The van der Waals surface area contributed by atoms with Gasteiger partial charge < -0.3 is 19.7 Å². The number of urea groups is 1. The number of rotatable bonds is 2. The highest BCUT2D eigenvalue weighted by atomic mass is 16.5. The number of hydrogen-bond acceptors (Lipinski definition) is 3. The van der Waals surface area contributed by atoms with Gasteiger partial charge in [0.25, 0.3) is 0 Å². The van der Waals surface area contributed by atoms with Crippen molar-refractivity contribution in [3.05, 3.63) is 58.1 Å². The number of nitrogens with one attached hydrogen (secondary N) is 1. The van der Waals surface area contributed by atoms with Crippen LogP contribution in [0.2, 0.25) is 0 Å². The van der Waals surface area contributed by atoms with Gasteiger partial charge in [0.05, 0.1) is 13.2 Å². The van der Waals surface area contributed by atoms with Crippen molar-refractivity contribution in [3.8, 4) is 11.5 Å². The lowest BCUT2D eigenvalue weighted by molar-refractivity contribution is 0.192. The molecule has 3 aliphatic heterocycles. The van der Waals surface area contributed by atoms with E-state index in [0.29, 0.717) is 26.3 Å². The summed E-state index contributed by atoms with van der Waals surface area (Å²) < 4.78 is 11.6. The van der Waals surface area contributed by atoms with E-state index in [1.165, 1.54) is 22.3 Å². The zero-order valence-electron chi connectivity index (χ0n) is 14.7. The van der Waals surface area contributed by atoms with Crippen molar-refractivity contribution in [3.63, 3.8) is 0 Å². The lowest BCUT2D eigenvalue weighted by atomic mass is 9.99. The Labute approximate surface area is 152 Å². The highest BCUT2D eigenvalue weighted by Crippen LogP contribution is 2.40. The third kappa shape index (κ3) is 2.59. The van der Waals surface area contributed by atoms with Gasteiger partial charge in [-0.1, -0.05) is 24.3 Å². The number of benzene rings is 2. The van der Waals surface area contributed by atoms with Crippen molar-refractivity contribution in [2.75, 3.05) is 19.8 Å². The van der Waals surface area contributed by atoms with E-state index in [2.05, 4.69) is 29.6 Å². The van der Waals surface area contributed by atoms with Gasteiger partial charge in [-0.05, 0) is 23.6 Å². The van der Waals surface area contributed by atoms with E-state index in [9.17, 15) is 4.79 Å². The summed E-state index contributed by atoms with van der Waals surface area (Å²) in [6, 6.07) is 10.5. The number of ether oxygens (including phenoxy) is 2. The summed E-state index contributed by atoms with van der Waals surface area (Å²) >= 11 is 0. The molecule has 2 aromatic rings. The van der Waals surface area contributed by atoms with Crippen molar-refractivity contribution in [1.29, 1.82) is 0 Å². The summed E-state index contributed by atoms with van der Waals surface area (Å²) in [7, 11) is 0. The zero-order chi connectivity index (χ0) is 17.5.